The molecule has 0 bridgehead atoms. The lowest BCUT2D eigenvalue weighted by atomic mass is 9.81. The largest absolute Gasteiger partial charge is 0.371 e. The minimum Gasteiger partial charge on any atom is -0.371 e. The van der Waals surface area contributed by atoms with Crippen molar-refractivity contribution in [1.82, 2.24) is 0 Å². The molecule has 0 saturated heterocycles. The van der Waals surface area contributed by atoms with Crippen LogP contribution in [0.25, 0.3) is 0 Å². The summed E-state index contributed by atoms with van der Waals surface area (Å²) in [6.45, 7) is 6.93. The first-order chi connectivity index (χ1) is 6.05. The van der Waals surface area contributed by atoms with Crippen LogP contribution in [-0.2, 0) is 5.41 Å². The molecule has 0 unspecified atom stereocenters. The average Bonchev–Trinajstić information content (AvgIpc) is 2.30. The van der Waals surface area contributed by atoms with Gasteiger partial charge in [0, 0.05) is 24.2 Å². The molecule has 0 spiro atoms. The van der Waals surface area contributed by atoms with Gasteiger partial charge in [0.2, 0.25) is 0 Å². The normalized spacial score (nSPS) is 24.6. The van der Waals surface area contributed by atoms with Crippen molar-refractivity contribution >= 4 is 5.69 Å². The predicted molar refractivity (Wildman–Crippen MR) is 57.3 cm³/mol. The first-order valence-corrected chi connectivity index (χ1v) is 4.87. The second-order valence-corrected chi connectivity index (χ2v) is 4.53. The summed E-state index contributed by atoms with van der Waals surface area (Å²) in [5.41, 5.74) is 3.15. The van der Waals surface area contributed by atoms with E-state index in [0.717, 1.165) is 0 Å². The van der Waals surface area contributed by atoms with E-state index < -0.39 is 0 Å². The van der Waals surface area contributed by atoms with E-state index in [0.29, 0.717) is 6.04 Å². The molecule has 0 aliphatic carbocycles. The Morgan fingerprint density at radius 3 is 2.46 bits per heavy atom. The zero-order valence-corrected chi connectivity index (χ0v) is 8.83. The van der Waals surface area contributed by atoms with E-state index in [4.69, 9.17) is 0 Å². The molecular weight excluding hydrogens is 158 g/mol. The van der Waals surface area contributed by atoms with E-state index in [9.17, 15) is 0 Å². The van der Waals surface area contributed by atoms with Crippen molar-refractivity contribution in [1.29, 1.82) is 0 Å². The molecule has 0 N–H and O–H groups in total. The minimum absolute atomic E-state index is 0.283. The number of benzene rings is 1. The molecule has 0 amide bonds. The van der Waals surface area contributed by atoms with Crippen molar-refractivity contribution in [3.05, 3.63) is 29.8 Å². The van der Waals surface area contributed by atoms with Gasteiger partial charge < -0.3 is 4.90 Å². The highest BCUT2D eigenvalue weighted by atomic mass is 15.2. The number of rotatable bonds is 0. The summed E-state index contributed by atoms with van der Waals surface area (Å²) in [6, 6.07) is 9.29. The Balaban J connectivity index is 2.61. The third-order valence-corrected chi connectivity index (χ3v) is 3.60. The Hall–Kier alpha value is -0.980. The quantitative estimate of drug-likeness (QED) is 0.586. The van der Waals surface area contributed by atoms with Crippen molar-refractivity contribution in [2.24, 2.45) is 0 Å². The number of nitrogens with zero attached hydrogens (tertiary/aromatic N) is 1. The van der Waals surface area contributed by atoms with Crippen LogP contribution < -0.4 is 4.90 Å². The number of anilines is 1. The zero-order valence-electron chi connectivity index (χ0n) is 8.83. The Morgan fingerprint density at radius 1 is 1.23 bits per heavy atom. The van der Waals surface area contributed by atoms with Crippen LogP contribution in [0.4, 0.5) is 5.69 Å². The summed E-state index contributed by atoms with van der Waals surface area (Å²) in [7, 11) is 2.18. The molecule has 2 rings (SSSR count). The van der Waals surface area contributed by atoms with Gasteiger partial charge in [-0.25, -0.2) is 0 Å². The molecule has 1 aromatic rings. The van der Waals surface area contributed by atoms with Crippen LogP contribution in [0.2, 0.25) is 0 Å². The fraction of sp³-hybridized carbons (Fsp3) is 0.500. The van der Waals surface area contributed by atoms with Crippen molar-refractivity contribution in [3.63, 3.8) is 0 Å². The summed E-state index contributed by atoms with van der Waals surface area (Å²) >= 11 is 0. The highest BCUT2D eigenvalue weighted by Crippen LogP contribution is 2.43. The molecule has 0 radical (unpaired) electrons. The third kappa shape index (κ3) is 0.995. The van der Waals surface area contributed by atoms with Gasteiger partial charge in [0.05, 0.1) is 0 Å². The molecule has 1 atom stereocenters. The van der Waals surface area contributed by atoms with E-state index in [1.54, 1.807) is 0 Å². The molecule has 1 heteroatoms. The molecule has 1 heterocycles. The van der Waals surface area contributed by atoms with Gasteiger partial charge in [-0.3, -0.25) is 0 Å². The Labute approximate surface area is 80.4 Å². The van der Waals surface area contributed by atoms with E-state index in [-0.39, 0.29) is 5.41 Å². The zero-order chi connectivity index (χ0) is 9.64. The van der Waals surface area contributed by atoms with Gasteiger partial charge in [0.25, 0.3) is 0 Å². The summed E-state index contributed by atoms with van der Waals surface area (Å²) in [5, 5.41) is 0. The first-order valence-electron chi connectivity index (χ1n) is 4.87. The SMILES string of the molecule is C[C@H]1N(C)c2ccccc2C1(C)C. The maximum Gasteiger partial charge on any atom is 0.0405 e. The van der Waals surface area contributed by atoms with Crippen molar-refractivity contribution < 1.29 is 0 Å². The standard InChI is InChI=1S/C12H17N/c1-9-12(2,3)10-7-5-6-8-11(10)13(9)4/h5-9H,1-4H3/t9-/m1/s1. The van der Waals surface area contributed by atoms with E-state index in [1.165, 1.54) is 11.3 Å². The van der Waals surface area contributed by atoms with Gasteiger partial charge in [-0.05, 0) is 18.6 Å². The van der Waals surface area contributed by atoms with Crippen LogP contribution >= 0.6 is 0 Å². The molecule has 1 nitrogen and oxygen atoms in total. The van der Waals surface area contributed by atoms with Crippen molar-refractivity contribution in [3.8, 4) is 0 Å². The van der Waals surface area contributed by atoms with Crippen molar-refractivity contribution in [2.75, 3.05) is 11.9 Å². The lowest BCUT2D eigenvalue weighted by molar-refractivity contribution is 0.454. The monoisotopic (exact) mass is 175 g/mol. The van der Waals surface area contributed by atoms with Gasteiger partial charge in [-0.15, -0.1) is 0 Å². The summed E-state index contributed by atoms with van der Waals surface area (Å²) in [4.78, 5) is 2.37. The Morgan fingerprint density at radius 2 is 1.85 bits per heavy atom. The second kappa shape index (κ2) is 2.50. The highest BCUT2D eigenvalue weighted by molar-refractivity contribution is 5.62. The van der Waals surface area contributed by atoms with E-state index in [2.05, 4.69) is 57.0 Å². The fourth-order valence-electron chi connectivity index (χ4n) is 2.24. The summed E-state index contributed by atoms with van der Waals surface area (Å²) in [6.07, 6.45) is 0. The molecular formula is C12H17N. The molecule has 0 fully saturated rings. The summed E-state index contributed by atoms with van der Waals surface area (Å²) in [5.74, 6) is 0. The van der Waals surface area contributed by atoms with Crippen molar-refractivity contribution in [2.45, 2.75) is 32.2 Å². The van der Waals surface area contributed by atoms with Gasteiger partial charge in [-0.2, -0.15) is 0 Å². The van der Waals surface area contributed by atoms with Crippen LogP contribution in [0.1, 0.15) is 26.3 Å². The summed E-state index contributed by atoms with van der Waals surface area (Å²) < 4.78 is 0. The number of hydrogen-bond donors (Lipinski definition) is 0. The third-order valence-electron chi connectivity index (χ3n) is 3.60. The Kier molecular flexibility index (Phi) is 1.66. The predicted octanol–water partition coefficient (Wildman–Crippen LogP) is 2.80. The van der Waals surface area contributed by atoms with Gasteiger partial charge in [0.15, 0.2) is 0 Å². The molecule has 0 aromatic heterocycles. The molecule has 1 aromatic carbocycles. The van der Waals surface area contributed by atoms with Crippen LogP contribution in [0.5, 0.6) is 0 Å². The topological polar surface area (TPSA) is 3.24 Å². The van der Waals surface area contributed by atoms with Gasteiger partial charge in [0.1, 0.15) is 0 Å². The Bertz CT molecular complexity index is 328. The van der Waals surface area contributed by atoms with Gasteiger partial charge >= 0.3 is 0 Å². The maximum absolute atomic E-state index is 2.37. The molecule has 0 saturated carbocycles. The molecule has 1 aliphatic heterocycles. The number of para-hydroxylation sites is 1. The van der Waals surface area contributed by atoms with E-state index in [1.807, 2.05) is 0 Å². The van der Waals surface area contributed by atoms with Crippen LogP contribution in [0, 0.1) is 0 Å². The van der Waals surface area contributed by atoms with Crippen LogP contribution in [0.15, 0.2) is 24.3 Å². The lowest BCUT2D eigenvalue weighted by Crippen LogP contribution is -2.36. The molecule has 70 valence electrons. The first kappa shape index (κ1) is 8.61. The van der Waals surface area contributed by atoms with E-state index >= 15 is 0 Å². The average molecular weight is 175 g/mol. The molecule has 1 aliphatic rings. The van der Waals surface area contributed by atoms with Crippen LogP contribution in [0.3, 0.4) is 0 Å². The fourth-order valence-corrected chi connectivity index (χ4v) is 2.24. The smallest absolute Gasteiger partial charge is 0.0405 e. The number of likely N-dealkylation sites (N-methyl/N-ethyl adjacent to an activating group) is 1. The number of fused-ring (bicyclic) bond motifs is 1. The van der Waals surface area contributed by atoms with Gasteiger partial charge in [-0.1, -0.05) is 32.0 Å². The number of hydrogen-bond acceptors (Lipinski definition) is 1. The van der Waals surface area contributed by atoms with Crippen LogP contribution in [-0.4, -0.2) is 13.1 Å². The lowest BCUT2D eigenvalue weighted by Gasteiger charge is -2.28. The molecule has 13 heavy (non-hydrogen) atoms. The maximum atomic E-state index is 2.37. The highest BCUT2D eigenvalue weighted by Gasteiger charge is 2.39. The minimum atomic E-state index is 0.283. The second-order valence-electron chi connectivity index (χ2n) is 4.53.